The van der Waals surface area contributed by atoms with Crippen molar-refractivity contribution in [3.8, 4) is 11.3 Å². The highest BCUT2D eigenvalue weighted by molar-refractivity contribution is 6.04. The number of nitrogens with zero attached hydrogens (tertiary/aromatic N) is 6. The lowest BCUT2D eigenvalue weighted by Crippen LogP contribution is -2.35. The Bertz CT molecular complexity index is 1510. The predicted octanol–water partition coefficient (Wildman–Crippen LogP) is 4.21. The predicted molar refractivity (Wildman–Crippen MR) is 144 cm³/mol. The Morgan fingerprint density at radius 2 is 1.87 bits per heavy atom. The standard InChI is InChI=1S/C27H30N8O3/c1-16-9-11-29-20(13-16)32-25(36)18-7-5-17(6-8-18)22-21-23(28)30-15-31-24(21)35(33-22)19-10-12-34(14-19)26(37)38-27(2,3)4/h5-9,11,13,15,19H,10,12,14H2,1-4H3,(H2,28,30,31)(H,29,32,36). The topological polar surface area (TPSA) is 141 Å². The fourth-order valence-electron chi connectivity index (χ4n) is 4.46. The smallest absolute Gasteiger partial charge is 0.410 e. The summed E-state index contributed by atoms with van der Waals surface area (Å²) in [5.41, 5.74) is 9.16. The SMILES string of the molecule is Cc1ccnc(NC(=O)c2ccc(-c3nn(C4CCN(C(=O)OC(C)(C)C)C4)c4ncnc(N)c34)cc2)c1. The number of aryl methyl sites for hydroxylation is 1. The van der Waals surface area contributed by atoms with Crippen LogP contribution in [0.4, 0.5) is 16.4 Å². The fraction of sp³-hybridized carbons (Fsp3) is 0.333. The summed E-state index contributed by atoms with van der Waals surface area (Å²) in [6.07, 6.45) is 3.41. The molecule has 2 amide bonds. The first-order valence-corrected chi connectivity index (χ1v) is 12.4. The second-order valence-corrected chi connectivity index (χ2v) is 10.4. The van der Waals surface area contributed by atoms with Gasteiger partial charge in [0.1, 0.15) is 29.3 Å². The van der Waals surface area contributed by atoms with E-state index in [-0.39, 0.29) is 18.0 Å². The summed E-state index contributed by atoms with van der Waals surface area (Å²) in [5, 5.41) is 8.31. The number of benzene rings is 1. The molecule has 0 spiro atoms. The second kappa shape index (κ2) is 9.73. The lowest BCUT2D eigenvalue weighted by molar-refractivity contribution is 0.0288. The fourth-order valence-corrected chi connectivity index (χ4v) is 4.46. The lowest BCUT2D eigenvalue weighted by atomic mass is 10.1. The number of nitrogen functional groups attached to an aromatic ring is 1. The molecule has 1 atom stereocenters. The normalized spacial score (nSPS) is 15.6. The van der Waals surface area contributed by atoms with Crippen LogP contribution in [0, 0.1) is 6.92 Å². The van der Waals surface area contributed by atoms with Crippen LogP contribution in [0.1, 0.15) is 49.2 Å². The highest BCUT2D eigenvalue weighted by atomic mass is 16.6. The first kappa shape index (κ1) is 25.1. The number of nitrogens with two attached hydrogens (primary N) is 1. The minimum absolute atomic E-state index is 0.0973. The third-order valence-electron chi connectivity index (χ3n) is 6.26. The molecule has 4 heterocycles. The van der Waals surface area contributed by atoms with Crippen LogP contribution in [0.5, 0.6) is 0 Å². The van der Waals surface area contributed by atoms with E-state index in [0.29, 0.717) is 53.4 Å². The monoisotopic (exact) mass is 514 g/mol. The molecule has 1 aliphatic rings. The number of likely N-dealkylation sites (tertiary alicyclic amines) is 1. The van der Waals surface area contributed by atoms with Crippen molar-refractivity contribution in [1.29, 1.82) is 0 Å². The number of fused-ring (bicyclic) bond motifs is 1. The number of carbonyl (C=O) groups excluding carboxylic acids is 2. The van der Waals surface area contributed by atoms with Gasteiger partial charge in [-0.25, -0.2) is 24.4 Å². The van der Waals surface area contributed by atoms with Crippen molar-refractivity contribution in [3.05, 3.63) is 60.0 Å². The highest BCUT2D eigenvalue weighted by Gasteiger charge is 2.33. The van der Waals surface area contributed by atoms with E-state index in [0.717, 1.165) is 11.1 Å². The van der Waals surface area contributed by atoms with Crippen molar-refractivity contribution in [2.45, 2.75) is 45.8 Å². The zero-order valence-corrected chi connectivity index (χ0v) is 21.8. The van der Waals surface area contributed by atoms with Gasteiger partial charge in [0, 0.05) is 30.4 Å². The molecule has 196 valence electrons. The maximum absolute atomic E-state index is 12.7. The molecule has 1 aromatic carbocycles. The lowest BCUT2D eigenvalue weighted by Gasteiger charge is -2.24. The van der Waals surface area contributed by atoms with Gasteiger partial charge in [0.2, 0.25) is 0 Å². The van der Waals surface area contributed by atoms with Gasteiger partial charge in [-0.1, -0.05) is 12.1 Å². The molecule has 0 saturated carbocycles. The van der Waals surface area contributed by atoms with Crippen LogP contribution >= 0.6 is 0 Å². The zero-order valence-electron chi connectivity index (χ0n) is 21.8. The van der Waals surface area contributed by atoms with Crippen molar-refractivity contribution in [2.75, 3.05) is 24.1 Å². The van der Waals surface area contributed by atoms with Crippen LogP contribution < -0.4 is 11.1 Å². The first-order chi connectivity index (χ1) is 18.1. The number of hydrogen-bond acceptors (Lipinski definition) is 8. The summed E-state index contributed by atoms with van der Waals surface area (Å²) in [7, 11) is 0. The Kier molecular flexibility index (Phi) is 6.43. The number of carbonyl (C=O) groups is 2. The number of rotatable bonds is 4. The van der Waals surface area contributed by atoms with E-state index in [1.54, 1.807) is 29.3 Å². The summed E-state index contributed by atoms with van der Waals surface area (Å²) in [6.45, 7) is 8.47. The summed E-state index contributed by atoms with van der Waals surface area (Å²) in [5.74, 6) is 0.539. The second-order valence-electron chi connectivity index (χ2n) is 10.4. The molecule has 0 radical (unpaired) electrons. The van der Waals surface area contributed by atoms with Gasteiger partial charge in [-0.3, -0.25) is 4.79 Å². The van der Waals surface area contributed by atoms with Crippen molar-refractivity contribution >= 4 is 34.7 Å². The molecule has 0 bridgehead atoms. The molecule has 3 aromatic heterocycles. The number of pyridine rings is 1. The van der Waals surface area contributed by atoms with E-state index in [9.17, 15) is 9.59 Å². The van der Waals surface area contributed by atoms with Crippen LogP contribution in [0.2, 0.25) is 0 Å². The molecule has 0 aliphatic carbocycles. The van der Waals surface area contributed by atoms with E-state index < -0.39 is 5.60 Å². The van der Waals surface area contributed by atoms with E-state index >= 15 is 0 Å². The minimum Gasteiger partial charge on any atom is -0.444 e. The van der Waals surface area contributed by atoms with Crippen LogP contribution in [0.3, 0.4) is 0 Å². The number of aromatic nitrogens is 5. The number of amides is 2. The Morgan fingerprint density at radius 3 is 2.58 bits per heavy atom. The molecule has 3 N–H and O–H groups in total. The number of anilines is 2. The van der Waals surface area contributed by atoms with Gasteiger partial charge >= 0.3 is 6.09 Å². The molecule has 1 fully saturated rings. The maximum atomic E-state index is 12.7. The molecule has 11 nitrogen and oxygen atoms in total. The third-order valence-corrected chi connectivity index (χ3v) is 6.26. The molecule has 4 aromatic rings. The van der Waals surface area contributed by atoms with Crippen molar-refractivity contribution in [1.82, 2.24) is 29.6 Å². The number of ether oxygens (including phenoxy) is 1. The molecule has 11 heteroatoms. The number of hydrogen-bond donors (Lipinski definition) is 2. The average molecular weight is 515 g/mol. The van der Waals surface area contributed by atoms with Gasteiger partial charge in [0.15, 0.2) is 5.65 Å². The highest BCUT2D eigenvalue weighted by Crippen LogP contribution is 2.34. The van der Waals surface area contributed by atoms with Crippen molar-refractivity contribution in [3.63, 3.8) is 0 Å². The zero-order chi connectivity index (χ0) is 27.0. The van der Waals surface area contributed by atoms with Crippen molar-refractivity contribution < 1.29 is 14.3 Å². The Hall–Kier alpha value is -4.54. The Balaban J connectivity index is 1.41. The van der Waals surface area contributed by atoms with E-state index in [1.165, 1.54) is 6.33 Å². The van der Waals surface area contributed by atoms with Gasteiger partial charge in [-0.05, 0) is 63.9 Å². The van der Waals surface area contributed by atoms with Crippen LogP contribution in [-0.2, 0) is 4.74 Å². The number of nitrogens with one attached hydrogen (secondary N) is 1. The van der Waals surface area contributed by atoms with Gasteiger partial charge in [-0.2, -0.15) is 5.10 Å². The summed E-state index contributed by atoms with van der Waals surface area (Å²) < 4.78 is 7.35. The van der Waals surface area contributed by atoms with Gasteiger partial charge in [0.05, 0.1) is 11.4 Å². The van der Waals surface area contributed by atoms with Crippen LogP contribution in [-0.4, -0.2) is 60.3 Å². The molecule has 38 heavy (non-hydrogen) atoms. The van der Waals surface area contributed by atoms with E-state index in [1.807, 2.05) is 50.6 Å². The molecule has 5 rings (SSSR count). The molecule has 1 saturated heterocycles. The van der Waals surface area contributed by atoms with Gasteiger partial charge in [0.25, 0.3) is 5.91 Å². The molecule has 1 unspecified atom stereocenters. The van der Waals surface area contributed by atoms with E-state index in [4.69, 9.17) is 15.6 Å². The van der Waals surface area contributed by atoms with Gasteiger partial charge < -0.3 is 20.7 Å². The third kappa shape index (κ3) is 5.13. The Morgan fingerprint density at radius 1 is 1.11 bits per heavy atom. The largest absolute Gasteiger partial charge is 0.444 e. The summed E-state index contributed by atoms with van der Waals surface area (Å²) in [4.78, 5) is 39.8. The summed E-state index contributed by atoms with van der Waals surface area (Å²) in [6, 6.07) is 10.7. The minimum atomic E-state index is -0.567. The maximum Gasteiger partial charge on any atom is 0.410 e. The van der Waals surface area contributed by atoms with Crippen molar-refractivity contribution in [2.24, 2.45) is 0 Å². The van der Waals surface area contributed by atoms with Gasteiger partial charge in [-0.15, -0.1) is 0 Å². The molecular weight excluding hydrogens is 484 g/mol. The van der Waals surface area contributed by atoms with Crippen LogP contribution in [0.25, 0.3) is 22.3 Å². The van der Waals surface area contributed by atoms with E-state index in [2.05, 4.69) is 20.3 Å². The average Bonchev–Trinajstić information content (AvgIpc) is 3.49. The first-order valence-electron chi connectivity index (χ1n) is 12.4. The Labute approximate surface area is 220 Å². The molecule has 1 aliphatic heterocycles. The molecular formula is C27H30N8O3. The van der Waals surface area contributed by atoms with Crippen LogP contribution in [0.15, 0.2) is 48.9 Å². The summed E-state index contributed by atoms with van der Waals surface area (Å²) >= 11 is 0. The quantitative estimate of drug-likeness (QED) is 0.412.